The van der Waals surface area contributed by atoms with E-state index in [4.69, 9.17) is 4.42 Å². The first-order valence-electron chi connectivity index (χ1n) is 7.24. The fraction of sp³-hybridized carbons (Fsp3) is 0.176. The minimum absolute atomic E-state index is 0.158. The quantitative estimate of drug-likeness (QED) is 0.760. The van der Waals surface area contributed by atoms with Crippen molar-refractivity contribution >= 4 is 17.0 Å². The molecule has 5 nitrogen and oxygen atoms in total. The second kappa shape index (κ2) is 6.48. The molecule has 118 valence electrons. The molecular weight excluding hydrogens is 299 g/mol. The van der Waals surface area contributed by atoms with Gasteiger partial charge in [0, 0.05) is 18.5 Å². The van der Waals surface area contributed by atoms with Gasteiger partial charge in [0.2, 0.25) is 5.91 Å². The van der Waals surface area contributed by atoms with E-state index in [1.165, 1.54) is 6.07 Å². The van der Waals surface area contributed by atoms with E-state index in [0.717, 1.165) is 5.56 Å². The number of benzene rings is 2. The number of amides is 1. The molecule has 3 aromatic rings. The predicted octanol–water partition coefficient (Wildman–Crippen LogP) is 2.51. The molecule has 2 aromatic carbocycles. The van der Waals surface area contributed by atoms with Crippen LogP contribution in [0, 0.1) is 5.82 Å². The summed E-state index contributed by atoms with van der Waals surface area (Å²) in [5.74, 6) is -0.990. The summed E-state index contributed by atoms with van der Waals surface area (Å²) >= 11 is 0. The molecule has 1 aromatic heterocycles. The zero-order valence-electron chi connectivity index (χ0n) is 12.3. The van der Waals surface area contributed by atoms with E-state index >= 15 is 0 Å². The van der Waals surface area contributed by atoms with Crippen LogP contribution in [0.2, 0.25) is 0 Å². The number of aromatic amines is 1. The SMILES string of the molecule is O=C(CCc1ccc2oc(=O)[nH]c2c1)NCc1ccccc1F. The van der Waals surface area contributed by atoms with Crippen LogP contribution in [0.4, 0.5) is 4.39 Å². The van der Waals surface area contributed by atoms with Gasteiger partial charge in [0.15, 0.2) is 5.58 Å². The lowest BCUT2D eigenvalue weighted by molar-refractivity contribution is -0.121. The van der Waals surface area contributed by atoms with Crippen molar-refractivity contribution in [2.24, 2.45) is 0 Å². The molecule has 1 amide bonds. The zero-order valence-corrected chi connectivity index (χ0v) is 12.3. The van der Waals surface area contributed by atoms with E-state index < -0.39 is 5.76 Å². The third kappa shape index (κ3) is 3.66. The number of aromatic nitrogens is 1. The standard InChI is InChI=1S/C17H15FN2O3/c18-13-4-2-1-3-12(13)10-19-16(21)8-6-11-5-7-15-14(9-11)20-17(22)23-15/h1-5,7,9H,6,8,10H2,(H,19,21)(H,20,22). The molecule has 0 spiro atoms. The molecule has 0 bridgehead atoms. The van der Waals surface area contributed by atoms with E-state index in [-0.39, 0.29) is 24.7 Å². The lowest BCUT2D eigenvalue weighted by atomic mass is 10.1. The number of carbonyl (C=O) groups excluding carboxylic acids is 1. The van der Waals surface area contributed by atoms with Crippen molar-refractivity contribution in [2.45, 2.75) is 19.4 Å². The van der Waals surface area contributed by atoms with Gasteiger partial charge in [0.1, 0.15) is 5.82 Å². The number of hydrogen-bond acceptors (Lipinski definition) is 3. The van der Waals surface area contributed by atoms with Gasteiger partial charge in [-0.3, -0.25) is 9.78 Å². The predicted molar refractivity (Wildman–Crippen MR) is 83.4 cm³/mol. The molecule has 2 N–H and O–H groups in total. The van der Waals surface area contributed by atoms with E-state index in [9.17, 15) is 14.0 Å². The molecule has 0 aliphatic rings. The van der Waals surface area contributed by atoms with Crippen LogP contribution in [0.25, 0.3) is 11.1 Å². The Balaban J connectivity index is 1.55. The van der Waals surface area contributed by atoms with Gasteiger partial charge < -0.3 is 9.73 Å². The molecule has 0 saturated heterocycles. The summed E-state index contributed by atoms with van der Waals surface area (Å²) in [5.41, 5.74) is 2.47. The van der Waals surface area contributed by atoms with Crippen LogP contribution in [0.15, 0.2) is 51.7 Å². The van der Waals surface area contributed by atoms with E-state index in [1.807, 2.05) is 6.07 Å². The average Bonchev–Trinajstić information content (AvgIpc) is 2.91. The second-order valence-electron chi connectivity index (χ2n) is 5.21. The van der Waals surface area contributed by atoms with Crippen molar-refractivity contribution in [1.82, 2.24) is 10.3 Å². The van der Waals surface area contributed by atoms with Gasteiger partial charge in [-0.05, 0) is 30.2 Å². The monoisotopic (exact) mass is 314 g/mol. The van der Waals surface area contributed by atoms with Crippen LogP contribution in [-0.4, -0.2) is 10.9 Å². The summed E-state index contributed by atoms with van der Waals surface area (Å²) in [4.78, 5) is 25.5. The number of rotatable bonds is 5. The minimum atomic E-state index is -0.500. The summed E-state index contributed by atoms with van der Waals surface area (Å²) < 4.78 is 18.4. The van der Waals surface area contributed by atoms with Crippen LogP contribution in [0.3, 0.4) is 0 Å². The molecule has 0 fully saturated rings. The number of carbonyl (C=O) groups is 1. The van der Waals surface area contributed by atoms with E-state index in [1.54, 1.807) is 30.3 Å². The Morgan fingerprint density at radius 1 is 1.22 bits per heavy atom. The van der Waals surface area contributed by atoms with Crippen molar-refractivity contribution in [3.8, 4) is 0 Å². The van der Waals surface area contributed by atoms with Gasteiger partial charge in [0.25, 0.3) is 0 Å². The maximum absolute atomic E-state index is 13.5. The second-order valence-corrected chi connectivity index (χ2v) is 5.21. The highest BCUT2D eigenvalue weighted by Gasteiger charge is 2.07. The first-order chi connectivity index (χ1) is 11.1. The molecule has 0 radical (unpaired) electrons. The molecule has 0 atom stereocenters. The van der Waals surface area contributed by atoms with Gasteiger partial charge in [-0.2, -0.15) is 0 Å². The maximum atomic E-state index is 13.5. The smallest absolute Gasteiger partial charge is 0.408 e. The highest BCUT2D eigenvalue weighted by molar-refractivity contribution is 5.77. The topological polar surface area (TPSA) is 75.1 Å². The summed E-state index contributed by atoms with van der Waals surface area (Å²) in [6.45, 7) is 0.166. The molecule has 6 heteroatoms. The number of H-pyrrole nitrogens is 1. The lowest BCUT2D eigenvalue weighted by Crippen LogP contribution is -2.23. The van der Waals surface area contributed by atoms with Crippen molar-refractivity contribution in [3.63, 3.8) is 0 Å². The Morgan fingerprint density at radius 2 is 2.04 bits per heavy atom. The fourth-order valence-corrected chi connectivity index (χ4v) is 2.34. The van der Waals surface area contributed by atoms with E-state index in [0.29, 0.717) is 23.1 Å². The third-order valence-corrected chi connectivity index (χ3v) is 3.56. The Bertz CT molecular complexity index is 898. The summed E-state index contributed by atoms with van der Waals surface area (Å²) in [5, 5.41) is 2.70. The molecular formula is C17H15FN2O3. The molecule has 23 heavy (non-hydrogen) atoms. The molecule has 0 saturated carbocycles. The zero-order chi connectivity index (χ0) is 16.2. The average molecular weight is 314 g/mol. The normalized spacial score (nSPS) is 10.8. The number of aryl methyl sites for hydroxylation is 1. The van der Waals surface area contributed by atoms with Gasteiger partial charge >= 0.3 is 5.76 Å². The first kappa shape index (κ1) is 15.0. The van der Waals surface area contributed by atoms with Gasteiger partial charge in [-0.25, -0.2) is 9.18 Å². The van der Waals surface area contributed by atoms with Crippen LogP contribution >= 0.6 is 0 Å². The highest BCUT2D eigenvalue weighted by atomic mass is 19.1. The number of oxazole rings is 1. The van der Waals surface area contributed by atoms with Crippen molar-refractivity contribution < 1.29 is 13.6 Å². The summed E-state index contributed by atoms with van der Waals surface area (Å²) in [6, 6.07) is 11.6. The highest BCUT2D eigenvalue weighted by Crippen LogP contribution is 2.13. The van der Waals surface area contributed by atoms with Crippen LogP contribution in [-0.2, 0) is 17.8 Å². The number of hydrogen-bond donors (Lipinski definition) is 2. The molecule has 3 rings (SSSR count). The van der Waals surface area contributed by atoms with Crippen molar-refractivity contribution in [1.29, 1.82) is 0 Å². The van der Waals surface area contributed by atoms with Crippen molar-refractivity contribution in [2.75, 3.05) is 0 Å². The Labute approximate surface area is 131 Å². The summed E-state index contributed by atoms with van der Waals surface area (Å²) in [6.07, 6.45) is 0.800. The Hall–Kier alpha value is -2.89. The Morgan fingerprint density at radius 3 is 2.87 bits per heavy atom. The number of fused-ring (bicyclic) bond motifs is 1. The van der Waals surface area contributed by atoms with Gasteiger partial charge in [-0.1, -0.05) is 24.3 Å². The van der Waals surface area contributed by atoms with Crippen LogP contribution < -0.4 is 11.1 Å². The first-order valence-corrected chi connectivity index (χ1v) is 7.24. The fourth-order valence-electron chi connectivity index (χ4n) is 2.34. The molecule has 1 heterocycles. The molecule has 0 aliphatic carbocycles. The minimum Gasteiger partial charge on any atom is -0.408 e. The van der Waals surface area contributed by atoms with E-state index in [2.05, 4.69) is 10.3 Å². The molecule has 0 unspecified atom stereocenters. The van der Waals surface area contributed by atoms with Gasteiger partial charge in [-0.15, -0.1) is 0 Å². The maximum Gasteiger partial charge on any atom is 0.417 e. The van der Waals surface area contributed by atoms with Crippen LogP contribution in [0.1, 0.15) is 17.5 Å². The largest absolute Gasteiger partial charge is 0.417 e. The summed E-state index contributed by atoms with van der Waals surface area (Å²) in [7, 11) is 0. The van der Waals surface area contributed by atoms with Crippen LogP contribution in [0.5, 0.6) is 0 Å². The lowest BCUT2D eigenvalue weighted by Gasteiger charge is -2.06. The van der Waals surface area contributed by atoms with Gasteiger partial charge in [0.05, 0.1) is 5.52 Å². The number of halogens is 1. The molecule has 0 aliphatic heterocycles. The van der Waals surface area contributed by atoms with Crippen molar-refractivity contribution in [3.05, 3.63) is 70.0 Å². The number of nitrogens with one attached hydrogen (secondary N) is 2. The third-order valence-electron chi connectivity index (χ3n) is 3.56. The Kier molecular flexibility index (Phi) is 4.23.